The zero-order chi connectivity index (χ0) is 12.8. The molecule has 2 N–H and O–H groups in total. The molecule has 0 aliphatic heterocycles. The second-order valence-electron chi connectivity index (χ2n) is 3.45. The molecule has 0 aromatic carbocycles. The molecule has 17 heavy (non-hydrogen) atoms. The number of ether oxygens (including phenoxy) is 3. The standard InChI is InChI=1S/C11H16N2O4/c1-7(6-15-2)17-10-9(12)8(4-5-13-10)11(14)16-3/h4-5,7H,6,12H2,1-3H3. The Bertz CT molecular complexity index is 395. The van der Waals surface area contributed by atoms with Crippen LogP contribution in [0.15, 0.2) is 12.3 Å². The average Bonchev–Trinajstić information content (AvgIpc) is 2.31. The lowest BCUT2D eigenvalue weighted by atomic mass is 10.2. The number of hydrogen-bond acceptors (Lipinski definition) is 6. The molecule has 0 aliphatic carbocycles. The van der Waals surface area contributed by atoms with E-state index in [1.165, 1.54) is 19.4 Å². The minimum atomic E-state index is -0.519. The van der Waals surface area contributed by atoms with Crippen LogP contribution in [0, 0.1) is 0 Å². The Labute approximate surface area is 99.7 Å². The highest BCUT2D eigenvalue weighted by Crippen LogP contribution is 2.23. The summed E-state index contributed by atoms with van der Waals surface area (Å²) in [6.45, 7) is 2.22. The fourth-order valence-electron chi connectivity index (χ4n) is 1.30. The van der Waals surface area contributed by atoms with E-state index in [9.17, 15) is 4.79 Å². The van der Waals surface area contributed by atoms with Gasteiger partial charge in [0.25, 0.3) is 0 Å². The predicted molar refractivity (Wildman–Crippen MR) is 62.0 cm³/mol. The van der Waals surface area contributed by atoms with E-state index in [0.29, 0.717) is 6.61 Å². The van der Waals surface area contributed by atoms with Crippen LogP contribution in [0.5, 0.6) is 5.88 Å². The summed E-state index contributed by atoms with van der Waals surface area (Å²) in [5.41, 5.74) is 6.18. The summed E-state index contributed by atoms with van der Waals surface area (Å²) in [5, 5.41) is 0. The topological polar surface area (TPSA) is 83.7 Å². The summed E-state index contributed by atoms with van der Waals surface area (Å²) in [7, 11) is 2.86. The molecule has 6 heteroatoms. The molecule has 0 saturated carbocycles. The van der Waals surface area contributed by atoms with Crippen molar-refractivity contribution < 1.29 is 19.0 Å². The number of nitrogens with zero attached hydrogens (tertiary/aromatic N) is 1. The zero-order valence-electron chi connectivity index (χ0n) is 10.1. The summed E-state index contributed by atoms with van der Waals surface area (Å²) in [6, 6.07) is 1.48. The van der Waals surface area contributed by atoms with E-state index in [0.717, 1.165) is 0 Å². The number of hydrogen-bond donors (Lipinski definition) is 1. The van der Waals surface area contributed by atoms with Crippen LogP contribution in [0.3, 0.4) is 0 Å². The second-order valence-corrected chi connectivity index (χ2v) is 3.45. The molecular weight excluding hydrogens is 224 g/mol. The minimum Gasteiger partial charge on any atom is -0.471 e. The van der Waals surface area contributed by atoms with E-state index < -0.39 is 5.97 Å². The summed E-state index contributed by atoms with van der Waals surface area (Å²) in [6.07, 6.45) is 1.24. The normalized spacial score (nSPS) is 11.9. The van der Waals surface area contributed by atoms with Gasteiger partial charge in [0.2, 0.25) is 5.88 Å². The van der Waals surface area contributed by atoms with Gasteiger partial charge >= 0.3 is 5.97 Å². The van der Waals surface area contributed by atoms with Gasteiger partial charge in [-0.15, -0.1) is 0 Å². The Hall–Kier alpha value is -1.82. The van der Waals surface area contributed by atoms with Gasteiger partial charge in [-0.05, 0) is 13.0 Å². The highest BCUT2D eigenvalue weighted by molar-refractivity contribution is 5.95. The first-order valence-electron chi connectivity index (χ1n) is 5.08. The van der Waals surface area contributed by atoms with E-state index >= 15 is 0 Å². The van der Waals surface area contributed by atoms with Crippen LogP contribution >= 0.6 is 0 Å². The molecule has 0 aliphatic rings. The maximum absolute atomic E-state index is 11.4. The third-order valence-electron chi connectivity index (χ3n) is 2.07. The number of carbonyl (C=O) groups excluding carboxylic acids is 1. The number of methoxy groups -OCH3 is 2. The van der Waals surface area contributed by atoms with Crippen LogP contribution in [-0.4, -0.2) is 37.9 Å². The summed E-state index contributed by atoms with van der Waals surface area (Å²) >= 11 is 0. The molecule has 94 valence electrons. The van der Waals surface area contributed by atoms with Crippen LogP contribution < -0.4 is 10.5 Å². The molecule has 0 spiro atoms. The molecule has 0 bridgehead atoms. The molecule has 0 amide bonds. The molecule has 1 unspecified atom stereocenters. The van der Waals surface area contributed by atoms with Crippen molar-refractivity contribution in [2.24, 2.45) is 0 Å². The molecule has 1 aromatic heterocycles. The smallest absolute Gasteiger partial charge is 0.340 e. The maximum atomic E-state index is 11.4. The third-order valence-corrected chi connectivity index (χ3v) is 2.07. The number of aromatic nitrogens is 1. The largest absolute Gasteiger partial charge is 0.471 e. The quantitative estimate of drug-likeness (QED) is 0.768. The summed E-state index contributed by atoms with van der Waals surface area (Å²) < 4.78 is 15.0. The number of carbonyl (C=O) groups is 1. The zero-order valence-corrected chi connectivity index (χ0v) is 10.1. The van der Waals surface area contributed by atoms with Gasteiger partial charge in [0.1, 0.15) is 11.8 Å². The number of anilines is 1. The lowest BCUT2D eigenvalue weighted by Crippen LogP contribution is -2.20. The number of pyridine rings is 1. The summed E-state index contributed by atoms with van der Waals surface area (Å²) in [4.78, 5) is 15.4. The van der Waals surface area contributed by atoms with E-state index in [2.05, 4.69) is 9.72 Å². The number of nitrogen functional groups attached to an aromatic ring is 1. The van der Waals surface area contributed by atoms with Crippen molar-refractivity contribution in [3.63, 3.8) is 0 Å². The van der Waals surface area contributed by atoms with Gasteiger partial charge in [-0.2, -0.15) is 0 Å². The molecule has 1 atom stereocenters. The lowest BCUT2D eigenvalue weighted by molar-refractivity contribution is 0.0600. The Kier molecular flexibility index (Phi) is 4.71. The van der Waals surface area contributed by atoms with Crippen LogP contribution in [0.1, 0.15) is 17.3 Å². The highest BCUT2D eigenvalue weighted by atomic mass is 16.5. The molecule has 1 rings (SSSR count). The average molecular weight is 240 g/mol. The number of rotatable bonds is 5. The first-order chi connectivity index (χ1) is 8.10. The van der Waals surface area contributed by atoms with Crippen LogP contribution in [0.4, 0.5) is 5.69 Å². The summed E-state index contributed by atoms with van der Waals surface area (Å²) in [5.74, 6) is -0.313. The maximum Gasteiger partial charge on any atom is 0.340 e. The van der Waals surface area contributed by atoms with Gasteiger partial charge in [0.05, 0.1) is 19.3 Å². The van der Waals surface area contributed by atoms with Gasteiger partial charge in [-0.1, -0.05) is 0 Å². The fraction of sp³-hybridized carbons (Fsp3) is 0.455. The van der Waals surface area contributed by atoms with Crippen molar-refractivity contribution in [1.82, 2.24) is 4.98 Å². The monoisotopic (exact) mass is 240 g/mol. The van der Waals surface area contributed by atoms with Crippen molar-refractivity contribution >= 4 is 11.7 Å². The third kappa shape index (κ3) is 3.32. The first-order valence-corrected chi connectivity index (χ1v) is 5.08. The van der Waals surface area contributed by atoms with Crippen molar-refractivity contribution in [3.05, 3.63) is 17.8 Å². The van der Waals surface area contributed by atoms with Crippen molar-refractivity contribution in [2.75, 3.05) is 26.6 Å². The van der Waals surface area contributed by atoms with Gasteiger partial charge in [0.15, 0.2) is 0 Å². The minimum absolute atomic E-state index is 0.169. The first kappa shape index (κ1) is 13.2. The molecule has 0 saturated heterocycles. The van der Waals surface area contributed by atoms with E-state index in [-0.39, 0.29) is 23.2 Å². The molecule has 1 heterocycles. The van der Waals surface area contributed by atoms with Gasteiger partial charge in [0, 0.05) is 13.3 Å². The van der Waals surface area contributed by atoms with Crippen LogP contribution in [0.2, 0.25) is 0 Å². The van der Waals surface area contributed by atoms with Gasteiger partial charge in [-0.3, -0.25) is 0 Å². The number of esters is 1. The van der Waals surface area contributed by atoms with E-state index in [4.69, 9.17) is 15.2 Å². The van der Waals surface area contributed by atoms with Crippen molar-refractivity contribution in [2.45, 2.75) is 13.0 Å². The van der Waals surface area contributed by atoms with Crippen LogP contribution in [0.25, 0.3) is 0 Å². The van der Waals surface area contributed by atoms with E-state index in [1.54, 1.807) is 7.11 Å². The molecule has 6 nitrogen and oxygen atoms in total. The van der Waals surface area contributed by atoms with Gasteiger partial charge < -0.3 is 19.9 Å². The van der Waals surface area contributed by atoms with Crippen molar-refractivity contribution in [3.8, 4) is 5.88 Å². The highest BCUT2D eigenvalue weighted by Gasteiger charge is 2.16. The predicted octanol–water partition coefficient (Wildman–Crippen LogP) is 0.864. The Morgan fingerprint density at radius 1 is 1.53 bits per heavy atom. The Balaban J connectivity index is 2.90. The van der Waals surface area contributed by atoms with E-state index in [1.807, 2.05) is 6.92 Å². The van der Waals surface area contributed by atoms with Crippen molar-refractivity contribution in [1.29, 1.82) is 0 Å². The second kappa shape index (κ2) is 6.05. The number of nitrogens with two attached hydrogens (primary N) is 1. The van der Waals surface area contributed by atoms with Gasteiger partial charge in [-0.25, -0.2) is 9.78 Å². The lowest BCUT2D eigenvalue weighted by Gasteiger charge is -2.15. The fourth-order valence-corrected chi connectivity index (χ4v) is 1.30. The van der Waals surface area contributed by atoms with Crippen LogP contribution in [-0.2, 0) is 9.47 Å². The molecule has 1 aromatic rings. The molecule has 0 radical (unpaired) electrons. The Morgan fingerprint density at radius 3 is 2.82 bits per heavy atom. The molecule has 0 fully saturated rings. The Morgan fingerprint density at radius 2 is 2.24 bits per heavy atom. The molecular formula is C11H16N2O4. The SMILES string of the molecule is COCC(C)Oc1nccc(C(=O)OC)c1N.